The summed E-state index contributed by atoms with van der Waals surface area (Å²) in [5, 5.41) is 5.88. The van der Waals surface area contributed by atoms with Crippen LogP contribution in [0.15, 0.2) is 16.3 Å². The minimum atomic E-state index is -3.39. The number of carbonyl (C=O) groups excluding carboxylic acids is 1. The molecule has 1 unspecified atom stereocenters. The summed E-state index contributed by atoms with van der Waals surface area (Å²) in [6.45, 7) is 0.353. The van der Waals surface area contributed by atoms with Gasteiger partial charge in [0, 0.05) is 16.5 Å². The highest BCUT2D eigenvalue weighted by atomic mass is 32.2. The maximum absolute atomic E-state index is 11.8. The predicted molar refractivity (Wildman–Crippen MR) is 76.7 cm³/mol. The van der Waals surface area contributed by atoms with E-state index in [2.05, 4.69) is 15.4 Å². The van der Waals surface area contributed by atoms with Crippen molar-refractivity contribution in [3.63, 3.8) is 0 Å². The van der Waals surface area contributed by atoms with Gasteiger partial charge in [0.05, 0.1) is 12.6 Å². The van der Waals surface area contributed by atoms with Gasteiger partial charge in [0.1, 0.15) is 4.21 Å². The van der Waals surface area contributed by atoms with Crippen LogP contribution in [0, 0.1) is 0 Å². The quantitative estimate of drug-likeness (QED) is 0.707. The third-order valence-corrected chi connectivity index (χ3v) is 6.57. The second-order valence-electron chi connectivity index (χ2n) is 3.92. The molecular formula is C10H15N3O3S3. The Balaban J connectivity index is 1.92. The Morgan fingerprint density at radius 3 is 2.95 bits per heavy atom. The first kappa shape index (κ1) is 14.8. The van der Waals surface area contributed by atoms with Crippen molar-refractivity contribution in [1.29, 1.82) is 0 Å². The maximum Gasteiger partial charge on any atom is 0.249 e. The maximum atomic E-state index is 11.8. The normalized spacial score (nSPS) is 19.5. The van der Waals surface area contributed by atoms with Crippen molar-refractivity contribution in [2.75, 3.05) is 18.7 Å². The van der Waals surface area contributed by atoms with Crippen molar-refractivity contribution < 1.29 is 13.2 Å². The highest BCUT2D eigenvalue weighted by molar-refractivity contribution is 7.99. The second kappa shape index (κ2) is 6.23. The van der Waals surface area contributed by atoms with Crippen LogP contribution < -0.4 is 15.4 Å². The van der Waals surface area contributed by atoms with Gasteiger partial charge in [-0.1, -0.05) is 0 Å². The molecule has 1 aromatic rings. The molecule has 0 bridgehead atoms. The van der Waals surface area contributed by atoms with Crippen molar-refractivity contribution >= 4 is 39.0 Å². The zero-order valence-corrected chi connectivity index (χ0v) is 12.8. The van der Waals surface area contributed by atoms with Crippen molar-refractivity contribution in [2.45, 2.75) is 16.8 Å². The molecule has 0 aliphatic carbocycles. The number of thioether (sulfide) groups is 1. The molecule has 0 aromatic carbocycles. The molecule has 0 spiro atoms. The van der Waals surface area contributed by atoms with Crippen molar-refractivity contribution in [2.24, 2.45) is 0 Å². The number of rotatable bonds is 5. The monoisotopic (exact) mass is 321 g/mol. The van der Waals surface area contributed by atoms with Gasteiger partial charge in [-0.05, 0) is 19.2 Å². The molecule has 0 radical (unpaired) electrons. The molecule has 1 saturated heterocycles. The van der Waals surface area contributed by atoms with Crippen LogP contribution in [0.5, 0.6) is 0 Å². The lowest BCUT2D eigenvalue weighted by Crippen LogP contribution is -2.41. The van der Waals surface area contributed by atoms with Gasteiger partial charge in [0.25, 0.3) is 0 Å². The molecule has 9 heteroatoms. The van der Waals surface area contributed by atoms with E-state index in [1.165, 1.54) is 7.05 Å². The Morgan fingerprint density at radius 1 is 1.53 bits per heavy atom. The van der Waals surface area contributed by atoms with Crippen LogP contribution in [-0.4, -0.2) is 39.0 Å². The van der Waals surface area contributed by atoms with Crippen LogP contribution in [0.25, 0.3) is 0 Å². The fraction of sp³-hybridized carbons (Fsp3) is 0.500. The molecule has 1 amide bonds. The molecule has 3 N–H and O–H groups in total. The fourth-order valence-electron chi connectivity index (χ4n) is 1.56. The molecular weight excluding hydrogens is 306 g/mol. The predicted octanol–water partition coefficient (Wildman–Crippen LogP) is -0.0651. The summed E-state index contributed by atoms with van der Waals surface area (Å²) in [5.41, 5.74) is 0. The Labute approximate surface area is 120 Å². The summed E-state index contributed by atoms with van der Waals surface area (Å²) < 4.78 is 25.6. The van der Waals surface area contributed by atoms with E-state index in [-0.39, 0.29) is 16.2 Å². The third kappa shape index (κ3) is 3.69. The number of carbonyl (C=O) groups is 1. The first-order valence-electron chi connectivity index (χ1n) is 5.64. The minimum Gasteiger partial charge on any atom is -0.350 e. The molecule has 1 aliphatic heterocycles. The van der Waals surface area contributed by atoms with Gasteiger partial charge in [0.2, 0.25) is 15.9 Å². The van der Waals surface area contributed by atoms with E-state index >= 15 is 0 Å². The number of sulfonamides is 1. The van der Waals surface area contributed by atoms with Gasteiger partial charge < -0.3 is 5.32 Å². The number of hydrogen-bond donors (Lipinski definition) is 3. The fourth-order valence-corrected chi connectivity index (χ4v) is 4.63. The average molecular weight is 321 g/mol. The molecule has 6 nitrogen and oxygen atoms in total. The minimum absolute atomic E-state index is 0.0450. The topological polar surface area (TPSA) is 87.3 Å². The summed E-state index contributed by atoms with van der Waals surface area (Å²) >= 11 is 2.84. The summed E-state index contributed by atoms with van der Waals surface area (Å²) in [6, 6.07) is 3.11. The van der Waals surface area contributed by atoms with Gasteiger partial charge in [0.15, 0.2) is 0 Å². The average Bonchev–Trinajstić information content (AvgIpc) is 3.07. The number of amides is 1. The summed E-state index contributed by atoms with van der Waals surface area (Å²) in [7, 11) is -2.02. The molecule has 1 aromatic heterocycles. The lowest BCUT2D eigenvalue weighted by Gasteiger charge is -2.09. The van der Waals surface area contributed by atoms with E-state index in [1.54, 1.807) is 23.9 Å². The third-order valence-electron chi connectivity index (χ3n) is 2.64. The van der Waals surface area contributed by atoms with Crippen molar-refractivity contribution in [1.82, 2.24) is 15.4 Å². The lowest BCUT2D eigenvalue weighted by molar-refractivity contribution is -0.122. The van der Waals surface area contributed by atoms with E-state index < -0.39 is 10.0 Å². The molecule has 1 aliphatic rings. The summed E-state index contributed by atoms with van der Waals surface area (Å²) in [4.78, 5) is 12.6. The Hall–Kier alpha value is -0.610. The van der Waals surface area contributed by atoms with E-state index in [0.717, 1.165) is 27.8 Å². The van der Waals surface area contributed by atoms with Crippen LogP contribution in [0.4, 0.5) is 0 Å². The van der Waals surface area contributed by atoms with Crippen molar-refractivity contribution in [3.05, 3.63) is 17.0 Å². The number of nitrogens with one attached hydrogen (secondary N) is 3. The van der Waals surface area contributed by atoms with Gasteiger partial charge >= 0.3 is 0 Å². The Kier molecular flexibility index (Phi) is 4.85. The van der Waals surface area contributed by atoms with Crippen LogP contribution >= 0.6 is 23.1 Å². The lowest BCUT2D eigenvalue weighted by atomic mass is 10.3. The SMILES string of the molecule is CNS(=O)(=O)c1ccc(CNC(=O)C2CSCN2)s1. The number of thiophene rings is 1. The zero-order valence-electron chi connectivity index (χ0n) is 10.3. The number of hydrogen-bond acceptors (Lipinski definition) is 6. The molecule has 106 valence electrons. The van der Waals surface area contributed by atoms with Crippen LogP contribution in [0.1, 0.15) is 4.88 Å². The summed E-state index contributed by atoms with van der Waals surface area (Å²) in [5.74, 6) is 1.52. The highest BCUT2D eigenvalue weighted by Crippen LogP contribution is 2.21. The Morgan fingerprint density at radius 2 is 2.32 bits per heavy atom. The molecule has 0 saturated carbocycles. The van der Waals surface area contributed by atoms with Crippen molar-refractivity contribution in [3.8, 4) is 0 Å². The molecule has 2 rings (SSSR count). The van der Waals surface area contributed by atoms with Crippen LogP contribution in [0.3, 0.4) is 0 Å². The van der Waals surface area contributed by atoms with E-state index in [4.69, 9.17) is 0 Å². The highest BCUT2D eigenvalue weighted by Gasteiger charge is 2.22. The molecule has 1 atom stereocenters. The van der Waals surface area contributed by atoms with Crippen LogP contribution in [0.2, 0.25) is 0 Å². The van der Waals surface area contributed by atoms with E-state index in [9.17, 15) is 13.2 Å². The smallest absolute Gasteiger partial charge is 0.249 e. The molecule has 1 fully saturated rings. The first-order chi connectivity index (χ1) is 9.03. The first-order valence-corrected chi connectivity index (χ1v) is 9.09. The van der Waals surface area contributed by atoms with E-state index in [0.29, 0.717) is 6.54 Å². The molecule has 2 heterocycles. The molecule has 19 heavy (non-hydrogen) atoms. The van der Waals surface area contributed by atoms with Gasteiger partial charge in [-0.3, -0.25) is 10.1 Å². The Bertz CT molecular complexity index is 549. The van der Waals surface area contributed by atoms with Gasteiger partial charge in [-0.2, -0.15) is 0 Å². The van der Waals surface area contributed by atoms with Crippen LogP contribution in [-0.2, 0) is 21.4 Å². The summed E-state index contributed by atoms with van der Waals surface area (Å²) in [6.07, 6.45) is 0. The zero-order chi connectivity index (χ0) is 13.9. The van der Waals surface area contributed by atoms with Gasteiger partial charge in [-0.25, -0.2) is 13.1 Å². The standard InChI is InChI=1S/C10H15N3O3S3/c1-11-19(15,16)9-3-2-7(18-9)4-12-10(14)8-5-17-6-13-8/h2-3,8,11,13H,4-6H2,1H3,(H,12,14). The largest absolute Gasteiger partial charge is 0.350 e. The second-order valence-corrected chi connectivity index (χ2v) is 8.23. The van der Waals surface area contributed by atoms with E-state index in [1.807, 2.05) is 0 Å². The van der Waals surface area contributed by atoms with Gasteiger partial charge in [-0.15, -0.1) is 23.1 Å².